The minimum Gasteiger partial charge on any atom is -0.341 e. The van der Waals surface area contributed by atoms with Crippen LogP contribution in [0.4, 0.5) is 0 Å². The van der Waals surface area contributed by atoms with Crippen molar-refractivity contribution in [2.75, 3.05) is 20.1 Å². The second-order valence-electron chi connectivity index (χ2n) is 4.23. The van der Waals surface area contributed by atoms with Crippen LogP contribution in [-0.4, -0.2) is 37.0 Å². The molecular formula is C11H20N2O. The lowest BCUT2D eigenvalue weighted by atomic mass is 10.2. The fourth-order valence-electron chi connectivity index (χ4n) is 1.69. The van der Waals surface area contributed by atoms with Crippen LogP contribution in [0, 0.1) is 0 Å². The lowest BCUT2D eigenvalue weighted by Gasteiger charge is -2.20. The van der Waals surface area contributed by atoms with Crippen molar-refractivity contribution in [3.8, 4) is 0 Å². The van der Waals surface area contributed by atoms with E-state index in [4.69, 9.17) is 0 Å². The second-order valence-corrected chi connectivity index (χ2v) is 4.23. The standard InChI is InChI=1S/C11H20N2O/c1-9(2)7-11(14)13(3)8-10-5-4-6-12-10/h7,10,12H,4-6,8H2,1-3H3. The van der Waals surface area contributed by atoms with E-state index in [-0.39, 0.29) is 5.91 Å². The summed E-state index contributed by atoms with van der Waals surface area (Å²) in [6.07, 6.45) is 4.11. The van der Waals surface area contributed by atoms with Crippen LogP contribution >= 0.6 is 0 Å². The molecule has 0 aliphatic carbocycles. The average Bonchev–Trinajstić information content (AvgIpc) is 2.55. The third-order valence-corrected chi connectivity index (χ3v) is 2.44. The molecule has 0 spiro atoms. The zero-order valence-electron chi connectivity index (χ0n) is 9.34. The van der Waals surface area contributed by atoms with Gasteiger partial charge >= 0.3 is 0 Å². The Kier molecular flexibility index (Phi) is 4.14. The van der Waals surface area contributed by atoms with Gasteiger partial charge in [-0.3, -0.25) is 4.79 Å². The van der Waals surface area contributed by atoms with Gasteiger partial charge in [0.05, 0.1) is 0 Å². The molecule has 0 aromatic carbocycles. The molecule has 0 saturated carbocycles. The number of hydrogen-bond acceptors (Lipinski definition) is 2. The maximum Gasteiger partial charge on any atom is 0.246 e. The minimum atomic E-state index is 0.110. The molecule has 1 aliphatic heterocycles. The van der Waals surface area contributed by atoms with Crippen LogP contribution in [0.5, 0.6) is 0 Å². The topological polar surface area (TPSA) is 32.3 Å². The van der Waals surface area contributed by atoms with Gasteiger partial charge < -0.3 is 10.2 Å². The number of likely N-dealkylation sites (N-methyl/N-ethyl adjacent to an activating group) is 1. The molecule has 1 saturated heterocycles. The van der Waals surface area contributed by atoms with Gasteiger partial charge in [0.1, 0.15) is 0 Å². The number of amides is 1. The van der Waals surface area contributed by atoms with Gasteiger partial charge in [-0.2, -0.15) is 0 Å². The predicted molar refractivity (Wildman–Crippen MR) is 58.1 cm³/mol. The zero-order chi connectivity index (χ0) is 10.6. The highest BCUT2D eigenvalue weighted by molar-refractivity contribution is 5.87. The van der Waals surface area contributed by atoms with E-state index in [2.05, 4.69) is 5.32 Å². The Morgan fingerprint density at radius 1 is 1.57 bits per heavy atom. The minimum absolute atomic E-state index is 0.110. The molecule has 1 atom stereocenters. The van der Waals surface area contributed by atoms with Gasteiger partial charge in [-0.15, -0.1) is 0 Å². The van der Waals surface area contributed by atoms with E-state index in [0.717, 1.165) is 18.7 Å². The summed E-state index contributed by atoms with van der Waals surface area (Å²) in [6, 6.07) is 0.495. The molecule has 3 heteroatoms. The van der Waals surface area contributed by atoms with Crippen LogP contribution in [0.2, 0.25) is 0 Å². The fourth-order valence-corrected chi connectivity index (χ4v) is 1.69. The monoisotopic (exact) mass is 196 g/mol. The molecule has 80 valence electrons. The number of allylic oxidation sites excluding steroid dienone is 1. The average molecular weight is 196 g/mol. The molecule has 1 fully saturated rings. The summed E-state index contributed by atoms with van der Waals surface area (Å²) in [5, 5.41) is 3.38. The van der Waals surface area contributed by atoms with Crippen LogP contribution in [-0.2, 0) is 4.79 Å². The second kappa shape index (κ2) is 5.15. The molecule has 1 aliphatic rings. The van der Waals surface area contributed by atoms with Crippen molar-refractivity contribution in [2.45, 2.75) is 32.7 Å². The summed E-state index contributed by atoms with van der Waals surface area (Å²) in [4.78, 5) is 13.4. The predicted octanol–water partition coefficient (Wildman–Crippen LogP) is 1.16. The van der Waals surface area contributed by atoms with E-state index in [1.807, 2.05) is 20.9 Å². The molecule has 1 unspecified atom stereocenters. The number of carbonyl (C=O) groups is 1. The number of hydrogen-bond donors (Lipinski definition) is 1. The Bertz CT molecular complexity index is 225. The first-order valence-corrected chi connectivity index (χ1v) is 5.23. The third kappa shape index (κ3) is 3.50. The molecule has 1 rings (SSSR count). The maximum atomic E-state index is 11.6. The van der Waals surface area contributed by atoms with Crippen molar-refractivity contribution in [1.82, 2.24) is 10.2 Å². The Labute approximate surface area is 86.2 Å². The lowest BCUT2D eigenvalue weighted by molar-refractivity contribution is -0.125. The highest BCUT2D eigenvalue weighted by atomic mass is 16.2. The highest BCUT2D eigenvalue weighted by Crippen LogP contribution is 2.06. The molecule has 14 heavy (non-hydrogen) atoms. The van der Waals surface area contributed by atoms with Crippen molar-refractivity contribution in [3.63, 3.8) is 0 Å². The molecule has 0 radical (unpaired) electrons. The summed E-state index contributed by atoms with van der Waals surface area (Å²) in [6.45, 7) is 5.80. The Morgan fingerprint density at radius 2 is 2.29 bits per heavy atom. The Morgan fingerprint density at radius 3 is 2.79 bits per heavy atom. The van der Waals surface area contributed by atoms with E-state index in [1.165, 1.54) is 12.8 Å². The van der Waals surface area contributed by atoms with Gasteiger partial charge in [-0.25, -0.2) is 0 Å². The molecule has 0 aromatic rings. The van der Waals surface area contributed by atoms with Gasteiger partial charge in [-0.05, 0) is 33.2 Å². The first-order valence-electron chi connectivity index (χ1n) is 5.23. The van der Waals surface area contributed by atoms with Crippen molar-refractivity contribution in [3.05, 3.63) is 11.6 Å². The van der Waals surface area contributed by atoms with Crippen LogP contribution in [0.15, 0.2) is 11.6 Å². The van der Waals surface area contributed by atoms with E-state index in [9.17, 15) is 4.79 Å². The van der Waals surface area contributed by atoms with Gasteiger partial charge in [0, 0.05) is 25.7 Å². The first kappa shape index (κ1) is 11.2. The van der Waals surface area contributed by atoms with E-state index in [1.54, 1.807) is 11.0 Å². The molecule has 1 amide bonds. The molecular weight excluding hydrogens is 176 g/mol. The van der Waals surface area contributed by atoms with Crippen LogP contribution < -0.4 is 5.32 Å². The summed E-state index contributed by atoms with van der Waals surface area (Å²) in [5.41, 5.74) is 1.06. The highest BCUT2D eigenvalue weighted by Gasteiger charge is 2.17. The fraction of sp³-hybridized carbons (Fsp3) is 0.727. The largest absolute Gasteiger partial charge is 0.341 e. The molecule has 1 heterocycles. The zero-order valence-corrected chi connectivity index (χ0v) is 9.34. The van der Waals surface area contributed by atoms with Crippen molar-refractivity contribution in [2.24, 2.45) is 0 Å². The molecule has 0 aromatic heterocycles. The molecule has 0 bridgehead atoms. The summed E-state index contributed by atoms with van der Waals surface area (Å²) >= 11 is 0. The van der Waals surface area contributed by atoms with Crippen LogP contribution in [0.25, 0.3) is 0 Å². The molecule has 1 N–H and O–H groups in total. The summed E-state index contributed by atoms with van der Waals surface area (Å²) in [5.74, 6) is 0.110. The van der Waals surface area contributed by atoms with Crippen molar-refractivity contribution in [1.29, 1.82) is 0 Å². The van der Waals surface area contributed by atoms with Gasteiger partial charge in [0.15, 0.2) is 0 Å². The normalized spacial score (nSPS) is 20.6. The smallest absolute Gasteiger partial charge is 0.246 e. The summed E-state index contributed by atoms with van der Waals surface area (Å²) in [7, 11) is 1.86. The Balaban J connectivity index is 2.36. The number of carbonyl (C=O) groups excluding carboxylic acids is 1. The van der Waals surface area contributed by atoms with Gasteiger partial charge in [0.2, 0.25) is 5.91 Å². The lowest BCUT2D eigenvalue weighted by Crippen LogP contribution is -2.38. The van der Waals surface area contributed by atoms with Gasteiger partial charge in [0.25, 0.3) is 0 Å². The van der Waals surface area contributed by atoms with Crippen molar-refractivity contribution < 1.29 is 4.79 Å². The number of nitrogens with zero attached hydrogens (tertiary/aromatic N) is 1. The number of nitrogens with one attached hydrogen (secondary N) is 1. The summed E-state index contributed by atoms with van der Waals surface area (Å²) < 4.78 is 0. The first-order chi connectivity index (χ1) is 6.59. The van der Waals surface area contributed by atoms with E-state index in [0.29, 0.717) is 6.04 Å². The van der Waals surface area contributed by atoms with Crippen LogP contribution in [0.1, 0.15) is 26.7 Å². The number of rotatable bonds is 3. The van der Waals surface area contributed by atoms with Crippen molar-refractivity contribution >= 4 is 5.91 Å². The maximum absolute atomic E-state index is 11.6. The molecule has 3 nitrogen and oxygen atoms in total. The van der Waals surface area contributed by atoms with E-state index >= 15 is 0 Å². The SMILES string of the molecule is CC(C)=CC(=O)N(C)CC1CCCN1. The van der Waals surface area contributed by atoms with Crippen LogP contribution in [0.3, 0.4) is 0 Å². The third-order valence-electron chi connectivity index (χ3n) is 2.44. The van der Waals surface area contributed by atoms with Gasteiger partial charge in [-0.1, -0.05) is 5.57 Å². The Hall–Kier alpha value is -0.830. The quantitative estimate of drug-likeness (QED) is 0.687. The van der Waals surface area contributed by atoms with E-state index < -0.39 is 0 Å².